The molecule has 6 nitrogen and oxygen atoms in total. The molecular formula is C25H22F3NO5. The van der Waals surface area contributed by atoms with Crippen LogP contribution in [0, 0.1) is 0 Å². The Morgan fingerprint density at radius 1 is 0.971 bits per heavy atom. The van der Waals surface area contributed by atoms with Crippen LogP contribution in [0.5, 0.6) is 5.75 Å². The van der Waals surface area contributed by atoms with Crippen LogP contribution in [-0.4, -0.2) is 40.7 Å². The predicted octanol–water partition coefficient (Wildman–Crippen LogP) is 4.34. The summed E-state index contributed by atoms with van der Waals surface area (Å²) in [6, 6.07) is 17.8. The number of aliphatic hydroxyl groups is 2. The van der Waals surface area contributed by atoms with Gasteiger partial charge in [0.1, 0.15) is 24.6 Å². The van der Waals surface area contributed by atoms with Crippen molar-refractivity contribution in [1.82, 2.24) is 5.32 Å². The van der Waals surface area contributed by atoms with E-state index in [4.69, 9.17) is 4.74 Å². The Bertz CT molecular complexity index is 1150. The van der Waals surface area contributed by atoms with Crippen molar-refractivity contribution in [2.24, 2.45) is 0 Å². The van der Waals surface area contributed by atoms with Gasteiger partial charge in [0.05, 0.1) is 5.56 Å². The van der Waals surface area contributed by atoms with Crippen LogP contribution >= 0.6 is 0 Å². The number of ether oxygens (including phenoxy) is 1. The quantitative estimate of drug-likeness (QED) is 0.427. The van der Waals surface area contributed by atoms with E-state index in [1.165, 1.54) is 0 Å². The molecule has 2 atom stereocenters. The second-order valence-corrected chi connectivity index (χ2v) is 7.99. The third-order valence-corrected chi connectivity index (χ3v) is 5.82. The van der Waals surface area contributed by atoms with Crippen molar-refractivity contribution in [3.63, 3.8) is 0 Å². The largest absolute Gasteiger partial charge is 0.508 e. The molecule has 3 aromatic rings. The summed E-state index contributed by atoms with van der Waals surface area (Å²) < 4.78 is 45.0. The Balaban J connectivity index is 1.37. The van der Waals surface area contributed by atoms with Gasteiger partial charge in [-0.05, 0) is 39.9 Å². The Labute approximate surface area is 193 Å². The van der Waals surface area contributed by atoms with Gasteiger partial charge in [-0.15, -0.1) is 0 Å². The third kappa shape index (κ3) is 4.71. The molecule has 1 amide bonds. The van der Waals surface area contributed by atoms with Crippen LogP contribution < -0.4 is 5.32 Å². The second kappa shape index (κ2) is 9.36. The lowest BCUT2D eigenvalue weighted by Crippen LogP contribution is -2.36. The number of alkyl halides is 3. The van der Waals surface area contributed by atoms with E-state index in [9.17, 15) is 33.3 Å². The number of amides is 1. The van der Waals surface area contributed by atoms with E-state index in [0.29, 0.717) is 6.07 Å². The minimum absolute atomic E-state index is 0.0225. The number of rotatable bonds is 6. The molecule has 0 spiro atoms. The van der Waals surface area contributed by atoms with Crippen LogP contribution in [0.15, 0.2) is 66.7 Å². The fourth-order valence-corrected chi connectivity index (χ4v) is 4.20. The highest BCUT2D eigenvalue weighted by atomic mass is 19.4. The summed E-state index contributed by atoms with van der Waals surface area (Å²) in [5.74, 6) is -0.811. The van der Waals surface area contributed by atoms with Gasteiger partial charge in [-0.25, -0.2) is 4.79 Å². The van der Waals surface area contributed by atoms with Crippen LogP contribution in [0.3, 0.4) is 0 Å². The maximum absolute atomic E-state index is 13.2. The number of halogens is 3. The molecule has 4 rings (SSSR count). The second-order valence-electron chi connectivity index (χ2n) is 7.99. The van der Waals surface area contributed by atoms with E-state index in [2.05, 4.69) is 5.32 Å². The van der Waals surface area contributed by atoms with Gasteiger partial charge >= 0.3 is 12.3 Å². The fraction of sp³-hybridized carbons (Fsp3) is 0.240. The van der Waals surface area contributed by atoms with Gasteiger partial charge in [-0.2, -0.15) is 13.2 Å². The van der Waals surface area contributed by atoms with Crippen molar-refractivity contribution in [3.8, 4) is 16.9 Å². The van der Waals surface area contributed by atoms with Crippen LogP contribution in [0.2, 0.25) is 0 Å². The molecule has 34 heavy (non-hydrogen) atoms. The SMILES string of the molecule is O=C(NCC(O)C(O)c1ccc(O)cc1C(F)(F)F)OCC1c2ccccc2-c2ccccc21. The number of hydrogen-bond acceptors (Lipinski definition) is 5. The maximum atomic E-state index is 13.2. The first-order valence-corrected chi connectivity index (χ1v) is 10.5. The molecule has 0 fully saturated rings. The van der Waals surface area contributed by atoms with Crippen molar-refractivity contribution in [1.29, 1.82) is 0 Å². The summed E-state index contributed by atoms with van der Waals surface area (Å²) in [6.45, 7) is -0.523. The monoisotopic (exact) mass is 473 g/mol. The molecule has 3 aromatic carbocycles. The summed E-state index contributed by atoms with van der Waals surface area (Å²) in [7, 11) is 0. The first-order chi connectivity index (χ1) is 16.2. The lowest BCUT2D eigenvalue weighted by atomic mass is 9.97. The normalized spacial score (nSPS) is 14.7. The van der Waals surface area contributed by atoms with Crippen molar-refractivity contribution < 1.29 is 38.0 Å². The van der Waals surface area contributed by atoms with Gasteiger partial charge in [-0.1, -0.05) is 54.6 Å². The van der Waals surface area contributed by atoms with E-state index in [1.807, 2.05) is 48.5 Å². The third-order valence-electron chi connectivity index (χ3n) is 5.82. The number of phenols is 1. The minimum Gasteiger partial charge on any atom is -0.508 e. The zero-order chi connectivity index (χ0) is 24.5. The average Bonchev–Trinajstić information content (AvgIpc) is 3.14. The molecule has 1 aliphatic rings. The number of phenolic OH excluding ortho intramolecular Hbond substituents is 1. The Morgan fingerprint density at radius 3 is 2.15 bits per heavy atom. The number of nitrogens with one attached hydrogen (secondary N) is 1. The number of aromatic hydroxyl groups is 1. The Kier molecular flexibility index (Phi) is 6.49. The number of aliphatic hydroxyl groups excluding tert-OH is 2. The number of carbonyl (C=O) groups excluding carboxylic acids is 1. The zero-order valence-electron chi connectivity index (χ0n) is 17.8. The minimum atomic E-state index is -4.85. The molecular weight excluding hydrogens is 451 g/mol. The first kappa shape index (κ1) is 23.6. The summed E-state index contributed by atoms with van der Waals surface area (Å²) >= 11 is 0. The molecule has 9 heteroatoms. The van der Waals surface area contributed by atoms with Crippen molar-refractivity contribution in [2.45, 2.75) is 24.3 Å². The maximum Gasteiger partial charge on any atom is 0.416 e. The topological polar surface area (TPSA) is 99.0 Å². The van der Waals surface area contributed by atoms with Gasteiger partial charge in [0.2, 0.25) is 0 Å². The summed E-state index contributed by atoms with van der Waals surface area (Å²) in [5.41, 5.74) is 2.24. The number of alkyl carbamates (subject to hydrolysis) is 1. The smallest absolute Gasteiger partial charge is 0.416 e. The molecule has 2 unspecified atom stereocenters. The summed E-state index contributed by atoms with van der Waals surface area (Å²) in [6.07, 6.45) is -9.43. The number of benzene rings is 3. The lowest BCUT2D eigenvalue weighted by molar-refractivity contribution is -0.140. The predicted molar refractivity (Wildman–Crippen MR) is 117 cm³/mol. The van der Waals surface area contributed by atoms with E-state index >= 15 is 0 Å². The molecule has 0 saturated carbocycles. The van der Waals surface area contributed by atoms with Crippen molar-refractivity contribution in [2.75, 3.05) is 13.2 Å². The Morgan fingerprint density at radius 2 is 1.56 bits per heavy atom. The van der Waals surface area contributed by atoms with Crippen molar-refractivity contribution in [3.05, 3.63) is 89.0 Å². The van der Waals surface area contributed by atoms with Gasteiger partial charge in [-0.3, -0.25) is 0 Å². The van der Waals surface area contributed by atoms with Crippen LogP contribution in [0.25, 0.3) is 11.1 Å². The standard InChI is InChI=1S/C25H22F3NO5/c26-25(27,28)21-11-14(30)9-10-19(21)23(32)22(31)12-29-24(33)34-13-20-17-7-3-1-5-15(17)16-6-2-4-8-18(16)20/h1-11,20,22-23,30-32H,12-13H2,(H,29,33). The average molecular weight is 473 g/mol. The number of carbonyl (C=O) groups is 1. The summed E-state index contributed by atoms with van der Waals surface area (Å²) in [4.78, 5) is 12.2. The molecule has 0 aliphatic heterocycles. The number of fused-ring (bicyclic) bond motifs is 3. The highest BCUT2D eigenvalue weighted by Crippen LogP contribution is 2.44. The molecule has 1 aliphatic carbocycles. The van der Waals surface area contributed by atoms with Crippen LogP contribution in [0.1, 0.15) is 34.3 Å². The summed E-state index contributed by atoms with van der Waals surface area (Å²) in [5, 5.41) is 32.0. The molecule has 0 aromatic heterocycles. The number of hydrogen-bond donors (Lipinski definition) is 4. The first-order valence-electron chi connectivity index (χ1n) is 10.5. The fourth-order valence-electron chi connectivity index (χ4n) is 4.20. The van der Waals surface area contributed by atoms with E-state index in [-0.39, 0.29) is 12.5 Å². The molecule has 0 bridgehead atoms. The Hall–Kier alpha value is -3.56. The van der Waals surface area contributed by atoms with Gasteiger partial charge in [0.15, 0.2) is 0 Å². The highest BCUT2D eigenvalue weighted by molar-refractivity contribution is 5.79. The molecule has 0 saturated heterocycles. The molecule has 4 N–H and O–H groups in total. The van der Waals surface area contributed by atoms with Crippen molar-refractivity contribution >= 4 is 6.09 Å². The highest BCUT2D eigenvalue weighted by Gasteiger charge is 2.37. The van der Waals surface area contributed by atoms with Crippen LogP contribution in [0.4, 0.5) is 18.0 Å². The molecule has 0 radical (unpaired) electrons. The van der Waals surface area contributed by atoms with E-state index in [0.717, 1.165) is 34.4 Å². The van der Waals surface area contributed by atoms with E-state index in [1.54, 1.807) is 0 Å². The molecule has 0 heterocycles. The molecule has 178 valence electrons. The van der Waals surface area contributed by atoms with Gasteiger partial charge in [0.25, 0.3) is 0 Å². The lowest BCUT2D eigenvalue weighted by Gasteiger charge is -2.22. The van der Waals surface area contributed by atoms with E-state index < -0.39 is 47.9 Å². The zero-order valence-corrected chi connectivity index (χ0v) is 17.8. The van der Waals surface area contributed by atoms with Gasteiger partial charge in [0, 0.05) is 12.5 Å². The van der Waals surface area contributed by atoms with Crippen LogP contribution in [-0.2, 0) is 10.9 Å². The van der Waals surface area contributed by atoms with Gasteiger partial charge < -0.3 is 25.4 Å².